The molecule has 0 fully saturated rings. The third kappa shape index (κ3) is 4.24. The van der Waals surface area contributed by atoms with Crippen LogP contribution in [0.25, 0.3) is 0 Å². The SMILES string of the molecule is CCOOC(CC(=O)O)(OCC)C(=O)O. The molecule has 7 nitrogen and oxygen atoms in total. The van der Waals surface area contributed by atoms with E-state index in [9.17, 15) is 9.59 Å². The second kappa shape index (κ2) is 6.33. The second-order valence-corrected chi connectivity index (χ2v) is 2.55. The summed E-state index contributed by atoms with van der Waals surface area (Å²) < 4.78 is 4.78. The lowest BCUT2D eigenvalue weighted by atomic mass is 10.2. The molecule has 0 heterocycles. The third-order valence-corrected chi connectivity index (χ3v) is 1.40. The Bertz CT molecular complexity index is 227. The molecule has 0 spiro atoms. The van der Waals surface area contributed by atoms with Gasteiger partial charge in [0, 0.05) is 6.61 Å². The van der Waals surface area contributed by atoms with Crippen molar-refractivity contribution in [3.8, 4) is 0 Å². The molecule has 0 radical (unpaired) electrons. The largest absolute Gasteiger partial charge is 0.481 e. The zero-order chi connectivity index (χ0) is 11.9. The Morgan fingerprint density at radius 3 is 2.13 bits per heavy atom. The maximum absolute atomic E-state index is 10.9. The molecule has 0 aliphatic carbocycles. The second-order valence-electron chi connectivity index (χ2n) is 2.55. The lowest BCUT2D eigenvalue weighted by Crippen LogP contribution is -2.46. The maximum atomic E-state index is 10.9. The molecule has 0 aliphatic rings. The minimum atomic E-state index is -2.28. The predicted molar refractivity (Wildman–Crippen MR) is 47.0 cm³/mol. The summed E-state index contributed by atoms with van der Waals surface area (Å²) in [6.45, 7) is 3.17. The van der Waals surface area contributed by atoms with E-state index in [0.29, 0.717) is 0 Å². The summed E-state index contributed by atoms with van der Waals surface area (Å²) in [4.78, 5) is 30.3. The van der Waals surface area contributed by atoms with Crippen LogP contribution in [0.1, 0.15) is 20.3 Å². The first-order valence-electron chi connectivity index (χ1n) is 4.38. The van der Waals surface area contributed by atoms with Gasteiger partial charge in [0.1, 0.15) is 6.42 Å². The van der Waals surface area contributed by atoms with E-state index in [2.05, 4.69) is 9.78 Å². The van der Waals surface area contributed by atoms with E-state index in [1.54, 1.807) is 6.92 Å². The van der Waals surface area contributed by atoms with Gasteiger partial charge in [-0.05, 0) is 13.8 Å². The number of carboxylic acids is 2. The van der Waals surface area contributed by atoms with Crippen molar-refractivity contribution in [1.29, 1.82) is 0 Å². The van der Waals surface area contributed by atoms with E-state index in [0.717, 1.165) is 0 Å². The van der Waals surface area contributed by atoms with Crippen LogP contribution < -0.4 is 0 Å². The average Bonchev–Trinajstić information content (AvgIpc) is 2.13. The number of hydrogen-bond acceptors (Lipinski definition) is 5. The molecule has 0 aromatic heterocycles. The monoisotopic (exact) mass is 222 g/mol. The van der Waals surface area contributed by atoms with Crippen LogP contribution in [0.5, 0.6) is 0 Å². The topological polar surface area (TPSA) is 102 Å². The summed E-state index contributed by atoms with van der Waals surface area (Å²) in [6.07, 6.45) is -0.837. The van der Waals surface area contributed by atoms with Crippen molar-refractivity contribution in [2.24, 2.45) is 0 Å². The number of carboxylic acid groups (broad SMARTS) is 2. The summed E-state index contributed by atoms with van der Waals surface area (Å²) >= 11 is 0. The normalized spacial score (nSPS) is 14.5. The van der Waals surface area contributed by atoms with Crippen LogP contribution in [0.15, 0.2) is 0 Å². The van der Waals surface area contributed by atoms with Crippen molar-refractivity contribution in [1.82, 2.24) is 0 Å². The van der Waals surface area contributed by atoms with Gasteiger partial charge in [0.25, 0.3) is 0 Å². The Hall–Kier alpha value is -1.18. The number of aliphatic carboxylic acids is 2. The number of ether oxygens (including phenoxy) is 1. The van der Waals surface area contributed by atoms with Gasteiger partial charge in [0.05, 0.1) is 6.61 Å². The molecular weight excluding hydrogens is 208 g/mol. The molecule has 0 aromatic rings. The maximum Gasteiger partial charge on any atom is 0.368 e. The molecular formula is C8H14O7. The van der Waals surface area contributed by atoms with Gasteiger partial charge in [-0.1, -0.05) is 0 Å². The van der Waals surface area contributed by atoms with Crippen LogP contribution >= 0.6 is 0 Å². The van der Waals surface area contributed by atoms with Crippen LogP contribution in [-0.4, -0.2) is 41.2 Å². The van der Waals surface area contributed by atoms with Crippen molar-refractivity contribution >= 4 is 11.9 Å². The molecule has 1 unspecified atom stereocenters. The zero-order valence-electron chi connectivity index (χ0n) is 8.56. The Balaban J connectivity index is 4.71. The van der Waals surface area contributed by atoms with Gasteiger partial charge in [-0.25, -0.2) is 9.68 Å². The Morgan fingerprint density at radius 1 is 1.20 bits per heavy atom. The lowest BCUT2D eigenvalue weighted by molar-refractivity contribution is -0.413. The highest BCUT2D eigenvalue weighted by Crippen LogP contribution is 2.19. The fourth-order valence-electron chi connectivity index (χ4n) is 0.864. The highest BCUT2D eigenvalue weighted by atomic mass is 17.2. The van der Waals surface area contributed by atoms with Gasteiger partial charge < -0.3 is 14.9 Å². The predicted octanol–water partition coefficient (Wildman–Crippen LogP) is 0.247. The van der Waals surface area contributed by atoms with Crippen molar-refractivity contribution in [2.75, 3.05) is 13.2 Å². The van der Waals surface area contributed by atoms with Crippen molar-refractivity contribution in [2.45, 2.75) is 26.1 Å². The molecule has 2 N–H and O–H groups in total. The Labute approximate surface area is 86.5 Å². The zero-order valence-corrected chi connectivity index (χ0v) is 8.56. The standard InChI is InChI=1S/C8H14O7/c1-3-13-8(7(11)12,5-6(9)10)15-14-4-2/h3-5H2,1-2H3,(H,9,10)(H,11,12). The highest BCUT2D eigenvalue weighted by Gasteiger charge is 2.45. The summed E-state index contributed by atoms with van der Waals surface area (Å²) in [7, 11) is 0. The van der Waals surface area contributed by atoms with Gasteiger partial charge in [-0.3, -0.25) is 4.79 Å². The summed E-state index contributed by atoms with van der Waals surface area (Å²) in [5, 5.41) is 17.4. The number of rotatable bonds is 8. The van der Waals surface area contributed by atoms with Gasteiger partial charge in [0.15, 0.2) is 0 Å². The molecule has 0 aliphatic heterocycles. The first-order valence-corrected chi connectivity index (χ1v) is 4.38. The van der Waals surface area contributed by atoms with E-state index >= 15 is 0 Å². The molecule has 0 saturated heterocycles. The van der Waals surface area contributed by atoms with Gasteiger partial charge in [0.2, 0.25) is 0 Å². The lowest BCUT2D eigenvalue weighted by Gasteiger charge is -2.25. The van der Waals surface area contributed by atoms with Crippen LogP contribution in [0.3, 0.4) is 0 Å². The third-order valence-electron chi connectivity index (χ3n) is 1.40. The van der Waals surface area contributed by atoms with Gasteiger partial charge >= 0.3 is 17.7 Å². The van der Waals surface area contributed by atoms with E-state index in [-0.39, 0.29) is 13.2 Å². The van der Waals surface area contributed by atoms with Gasteiger partial charge in [-0.2, -0.15) is 4.89 Å². The van der Waals surface area contributed by atoms with Crippen molar-refractivity contribution in [3.63, 3.8) is 0 Å². The van der Waals surface area contributed by atoms with E-state index in [4.69, 9.17) is 14.9 Å². The molecule has 88 valence electrons. The highest BCUT2D eigenvalue weighted by molar-refractivity contribution is 5.82. The van der Waals surface area contributed by atoms with E-state index in [1.807, 2.05) is 0 Å². The van der Waals surface area contributed by atoms with Crippen LogP contribution in [-0.2, 0) is 24.1 Å². The summed E-state index contributed by atoms with van der Waals surface area (Å²) in [5.41, 5.74) is 0. The minimum Gasteiger partial charge on any atom is -0.481 e. The summed E-state index contributed by atoms with van der Waals surface area (Å²) in [5.74, 6) is -5.18. The van der Waals surface area contributed by atoms with Crippen LogP contribution in [0, 0.1) is 0 Å². The van der Waals surface area contributed by atoms with Crippen molar-refractivity contribution in [3.05, 3.63) is 0 Å². The number of hydrogen-bond donors (Lipinski definition) is 2. The molecule has 0 rings (SSSR count). The number of carbonyl (C=O) groups is 2. The Morgan fingerprint density at radius 2 is 1.80 bits per heavy atom. The van der Waals surface area contributed by atoms with Crippen LogP contribution in [0.4, 0.5) is 0 Å². The molecule has 15 heavy (non-hydrogen) atoms. The summed E-state index contributed by atoms with van der Waals surface area (Å²) in [6, 6.07) is 0. The minimum absolute atomic E-state index is 0.00729. The first kappa shape index (κ1) is 13.8. The van der Waals surface area contributed by atoms with E-state index < -0.39 is 24.1 Å². The fraction of sp³-hybridized carbons (Fsp3) is 0.750. The quantitative estimate of drug-likeness (QED) is 0.344. The fourth-order valence-corrected chi connectivity index (χ4v) is 0.864. The average molecular weight is 222 g/mol. The molecule has 0 saturated carbocycles. The molecule has 0 bridgehead atoms. The molecule has 1 atom stereocenters. The molecule has 0 aromatic carbocycles. The smallest absolute Gasteiger partial charge is 0.368 e. The van der Waals surface area contributed by atoms with Gasteiger partial charge in [-0.15, -0.1) is 0 Å². The molecule has 7 heteroatoms. The van der Waals surface area contributed by atoms with Crippen molar-refractivity contribution < 1.29 is 34.3 Å². The van der Waals surface area contributed by atoms with Crippen LogP contribution in [0.2, 0.25) is 0 Å². The Kier molecular flexibility index (Phi) is 5.83. The molecule has 0 amide bonds. The van der Waals surface area contributed by atoms with E-state index in [1.165, 1.54) is 6.92 Å². The first-order chi connectivity index (χ1) is 6.98.